The highest BCUT2D eigenvalue weighted by atomic mass is 16.3. The first kappa shape index (κ1) is 12.7. The second kappa shape index (κ2) is 4.96. The Hall–Kier alpha value is -2.36. The fourth-order valence-electron chi connectivity index (χ4n) is 2.25. The summed E-state index contributed by atoms with van der Waals surface area (Å²) >= 11 is 0. The van der Waals surface area contributed by atoms with Crippen LogP contribution in [0.25, 0.3) is 11.2 Å². The Morgan fingerprint density at radius 2 is 1.85 bits per heavy atom. The van der Waals surface area contributed by atoms with Gasteiger partial charge in [0.2, 0.25) is 0 Å². The van der Waals surface area contributed by atoms with Gasteiger partial charge in [-0.3, -0.25) is 0 Å². The van der Waals surface area contributed by atoms with Gasteiger partial charge in [0.05, 0.1) is 0 Å². The maximum atomic E-state index is 5.74. The highest BCUT2D eigenvalue weighted by molar-refractivity contribution is 5.67. The summed E-state index contributed by atoms with van der Waals surface area (Å²) in [5.74, 6) is 1.05. The quantitative estimate of drug-likeness (QED) is 0.738. The van der Waals surface area contributed by atoms with E-state index < -0.39 is 0 Å². The van der Waals surface area contributed by atoms with Crippen molar-refractivity contribution in [1.82, 2.24) is 9.97 Å². The number of aryl methyl sites for hydroxylation is 1. The van der Waals surface area contributed by atoms with Crippen LogP contribution in [0.3, 0.4) is 0 Å². The zero-order chi connectivity index (χ0) is 14.1. The fourth-order valence-corrected chi connectivity index (χ4v) is 2.25. The van der Waals surface area contributed by atoms with Gasteiger partial charge in [-0.1, -0.05) is 19.1 Å². The molecule has 0 spiro atoms. The first-order valence-corrected chi connectivity index (χ1v) is 6.70. The molecule has 0 aliphatic heterocycles. The molecule has 4 nitrogen and oxygen atoms in total. The number of benzene rings is 1. The molecule has 20 heavy (non-hydrogen) atoms. The van der Waals surface area contributed by atoms with Gasteiger partial charge in [-0.15, -0.1) is 0 Å². The van der Waals surface area contributed by atoms with Gasteiger partial charge in [0.1, 0.15) is 0 Å². The second-order valence-electron chi connectivity index (χ2n) is 5.15. The van der Waals surface area contributed by atoms with Gasteiger partial charge >= 0.3 is 0 Å². The maximum Gasteiger partial charge on any atom is 0.199 e. The van der Waals surface area contributed by atoms with Gasteiger partial charge in [-0.2, -0.15) is 4.98 Å². The van der Waals surface area contributed by atoms with E-state index in [1.54, 1.807) is 0 Å². The molecular weight excluding hydrogens is 250 g/mol. The molecule has 2 aromatic heterocycles. The van der Waals surface area contributed by atoms with Gasteiger partial charge in [0.15, 0.2) is 17.1 Å². The molecule has 0 saturated heterocycles. The number of nitrogens with zero attached hydrogens (tertiary/aromatic N) is 2. The van der Waals surface area contributed by atoms with Crippen molar-refractivity contribution < 1.29 is 4.42 Å². The summed E-state index contributed by atoms with van der Waals surface area (Å²) in [6.07, 6.45) is 0.749. The molecule has 2 N–H and O–H groups in total. The van der Waals surface area contributed by atoms with E-state index in [1.165, 1.54) is 5.56 Å². The maximum absolute atomic E-state index is 5.74. The van der Waals surface area contributed by atoms with Crippen molar-refractivity contribution >= 4 is 16.9 Å². The van der Waals surface area contributed by atoms with E-state index in [-0.39, 0.29) is 0 Å². The minimum absolute atomic E-state index is 0.324. The predicted molar refractivity (Wildman–Crippen MR) is 79.5 cm³/mol. The number of oxazole rings is 1. The highest BCUT2D eigenvalue weighted by Crippen LogP contribution is 2.23. The molecule has 1 aromatic carbocycles. The van der Waals surface area contributed by atoms with Gasteiger partial charge in [0.25, 0.3) is 0 Å². The number of nitrogen functional groups attached to an aromatic ring is 1. The van der Waals surface area contributed by atoms with Crippen molar-refractivity contribution in [2.24, 2.45) is 0 Å². The first-order chi connectivity index (χ1) is 9.61. The summed E-state index contributed by atoms with van der Waals surface area (Å²) in [5.41, 5.74) is 10.1. The van der Waals surface area contributed by atoms with Crippen LogP contribution in [-0.4, -0.2) is 9.97 Å². The first-order valence-electron chi connectivity index (χ1n) is 6.70. The number of fused-ring (bicyclic) bond motifs is 1. The predicted octanol–water partition coefficient (Wildman–Crippen LogP) is 3.46. The third-order valence-corrected chi connectivity index (χ3v) is 3.42. The Balaban J connectivity index is 1.83. The van der Waals surface area contributed by atoms with Crippen LogP contribution in [0.4, 0.5) is 5.69 Å². The minimum atomic E-state index is 0.324. The van der Waals surface area contributed by atoms with E-state index in [2.05, 4.69) is 16.9 Å². The lowest BCUT2D eigenvalue weighted by atomic mass is 9.98. The number of hydrogen-bond acceptors (Lipinski definition) is 4. The lowest BCUT2D eigenvalue weighted by Crippen LogP contribution is -1.99. The molecule has 0 aliphatic carbocycles. The van der Waals surface area contributed by atoms with Crippen LogP contribution in [0.2, 0.25) is 0 Å². The zero-order valence-electron chi connectivity index (χ0n) is 11.6. The number of hydrogen-bond donors (Lipinski definition) is 1. The van der Waals surface area contributed by atoms with E-state index in [1.807, 2.05) is 43.3 Å². The lowest BCUT2D eigenvalue weighted by Gasteiger charge is -2.09. The molecular formula is C16H17N3O. The van der Waals surface area contributed by atoms with E-state index in [0.29, 0.717) is 11.6 Å². The largest absolute Gasteiger partial charge is 0.439 e. The summed E-state index contributed by atoms with van der Waals surface area (Å²) in [5, 5.41) is 0. The number of anilines is 1. The molecule has 0 radical (unpaired) electrons. The number of nitrogens with two attached hydrogens (primary N) is 1. The highest BCUT2D eigenvalue weighted by Gasteiger charge is 2.12. The monoisotopic (exact) mass is 267 g/mol. The molecule has 0 fully saturated rings. The number of pyridine rings is 1. The van der Waals surface area contributed by atoms with Crippen LogP contribution in [0.1, 0.15) is 30.0 Å². The standard InChI is InChI=1S/C16H17N3O/c1-10(12-4-6-13(17)7-5-12)9-15-19-16-14(20-15)8-3-11(2)18-16/h3-8,10H,9,17H2,1-2H3. The van der Waals surface area contributed by atoms with Gasteiger partial charge < -0.3 is 10.2 Å². The van der Waals surface area contributed by atoms with Crippen molar-refractivity contribution in [2.45, 2.75) is 26.2 Å². The molecule has 1 unspecified atom stereocenters. The van der Waals surface area contributed by atoms with Gasteiger partial charge in [-0.25, -0.2) is 4.98 Å². The summed E-state index contributed by atoms with van der Waals surface area (Å²) in [4.78, 5) is 8.82. The fraction of sp³-hybridized carbons (Fsp3) is 0.250. The van der Waals surface area contributed by atoms with Crippen LogP contribution >= 0.6 is 0 Å². The van der Waals surface area contributed by atoms with E-state index >= 15 is 0 Å². The summed E-state index contributed by atoms with van der Waals surface area (Å²) in [7, 11) is 0. The van der Waals surface area contributed by atoms with Crippen LogP contribution in [0.15, 0.2) is 40.8 Å². The van der Waals surface area contributed by atoms with Crippen LogP contribution < -0.4 is 5.73 Å². The average Bonchev–Trinajstić information content (AvgIpc) is 2.80. The molecule has 0 bridgehead atoms. The summed E-state index contributed by atoms with van der Waals surface area (Å²) < 4.78 is 5.74. The SMILES string of the molecule is Cc1ccc2oc(CC(C)c3ccc(N)cc3)nc2n1. The molecule has 3 aromatic rings. The van der Waals surface area contributed by atoms with Crippen molar-refractivity contribution in [3.8, 4) is 0 Å². The Bertz CT molecular complexity index is 731. The van der Waals surface area contributed by atoms with Gasteiger partial charge in [-0.05, 0) is 42.7 Å². The molecule has 102 valence electrons. The van der Waals surface area contributed by atoms with Crippen molar-refractivity contribution in [1.29, 1.82) is 0 Å². The molecule has 0 saturated carbocycles. The number of rotatable bonds is 3. The Morgan fingerprint density at radius 1 is 1.10 bits per heavy atom. The second-order valence-corrected chi connectivity index (χ2v) is 5.15. The van der Waals surface area contributed by atoms with Crippen LogP contribution in [0.5, 0.6) is 0 Å². The van der Waals surface area contributed by atoms with E-state index in [9.17, 15) is 0 Å². The van der Waals surface area contributed by atoms with Crippen molar-refractivity contribution in [3.63, 3.8) is 0 Å². The van der Waals surface area contributed by atoms with E-state index in [0.717, 1.165) is 29.3 Å². The van der Waals surface area contributed by atoms with E-state index in [4.69, 9.17) is 10.2 Å². The Kier molecular flexibility index (Phi) is 3.14. The third kappa shape index (κ3) is 2.50. The number of aromatic nitrogens is 2. The lowest BCUT2D eigenvalue weighted by molar-refractivity contribution is 0.508. The van der Waals surface area contributed by atoms with Crippen LogP contribution in [0, 0.1) is 6.92 Å². The topological polar surface area (TPSA) is 64.9 Å². The summed E-state index contributed by atoms with van der Waals surface area (Å²) in [6, 6.07) is 11.8. The third-order valence-electron chi connectivity index (χ3n) is 3.42. The molecule has 3 rings (SSSR count). The molecule has 1 atom stereocenters. The Morgan fingerprint density at radius 3 is 2.60 bits per heavy atom. The van der Waals surface area contributed by atoms with Gasteiger partial charge in [0, 0.05) is 17.8 Å². The smallest absolute Gasteiger partial charge is 0.199 e. The normalized spacial score (nSPS) is 12.7. The molecule has 0 amide bonds. The molecule has 4 heteroatoms. The minimum Gasteiger partial charge on any atom is -0.439 e. The molecule has 2 heterocycles. The Labute approximate surface area is 117 Å². The zero-order valence-corrected chi connectivity index (χ0v) is 11.6. The average molecular weight is 267 g/mol. The summed E-state index contributed by atoms with van der Waals surface area (Å²) in [6.45, 7) is 4.10. The molecule has 0 aliphatic rings. The van der Waals surface area contributed by atoms with Crippen LogP contribution in [-0.2, 0) is 6.42 Å². The van der Waals surface area contributed by atoms with Crippen molar-refractivity contribution in [3.05, 3.63) is 53.5 Å². The van der Waals surface area contributed by atoms with Crippen molar-refractivity contribution in [2.75, 3.05) is 5.73 Å².